The first kappa shape index (κ1) is 13.1. The fraction of sp³-hybridized carbons (Fsp3) is 0.474. The third-order valence-corrected chi connectivity index (χ3v) is 5.27. The molecule has 2 heteroatoms. The summed E-state index contributed by atoms with van der Waals surface area (Å²) < 4.78 is 2.52. The van der Waals surface area contributed by atoms with Gasteiger partial charge in [0.25, 0.3) is 0 Å². The van der Waals surface area contributed by atoms with Gasteiger partial charge < -0.3 is 9.67 Å². The van der Waals surface area contributed by atoms with Crippen LogP contribution in [0.25, 0.3) is 0 Å². The Morgan fingerprint density at radius 2 is 1.86 bits per heavy atom. The van der Waals surface area contributed by atoms with Crippen molar-refractivity contribution in [1.82, 2.24) is 4.57 Å². The van der Waals surface area contributed by atoms with Crippen LogP contribution in [-0.4, -0.2) is 9.67 Å². The van der Waals surface area contributed by atoms with Crippen LogP contribution < -0.4 is 0 Å². The molecule has 0 saturated carbocycles. The molecule has 0 aliphatic heterocycles. The lowest BCUT2D eigenvalue weighted by Crippen LogP contribution is -2.21. The number of hydrogen-bond donors (Lipinski definition) is 1. The first-order valence-corrected chi connectivity index (χ1v) is 8.22. The molecule has 0 fully saturated rings. The molecule has 2 aromatic rings. The SMILES string of the molecule is Cc1cc2c(n1C1CCCc3ccccc31)CCCC2O. The van der Waals surface area contributed by atoms with Gasteiger partial charge in [-0.1, -0.05) is 24.3 Å². The zero-order valence-electron chi connectivity index (χ0n) is 12.7. The molecule has 1 heterocycles. The van der Waals surface area contributed by atoms with E-state index < -0.39 is 0 Å². The standard InChI is InChI=1S/C19H23NO/c1-13-12-16-18(10-5-11-19(16)21)20(13)17-9-4-7-14-6-2-3-8-15(14)17/h2-3,6,8,12,17,19,21H,4-5,7,9-11H2,1H3. The minimum absolute atomic E-state index is 0.257. The third-order valence-electron chi connectivity index (χ3n) is 5.27. The summed E-state index contributed by atoms with van der Waals surface area (Å²) >= 11 is 0. The van der Waals surface area contributed by atoms with Gasteiger partial charge in [0.1, 0.15) is 0 Å². The van der Waals surface area contributed by atoms with Crippen molar-refractivity contribution in [1.29, 1.82) is 0 Å². The van der Waals surface area contributed by atoms with E-state index in [1.165, 1.54) is 47.3 Å². The Kier molecular flexibility index (Phi) is 3.15. The highest BCUT2D eigenvalue weighted by Crippen LogP contribution is 2.39. The highest BCUT2D eigenvalue weighted by molar-refractivity contribution is 5.38. The molecule has 110 valence electrons. The van der Waals surface area contributed by atoms with Crippen molar-refractivity contribution in [2.45, 2.75) is 57.6 Å². The van der Waals surface area contributed by atoms with Crippen molar-refractivity contribution < 1.29 is 5.11 Å². The van der Waals surface area contributed by atoms with Gasteiger partial charge in [-0.25, -0.2) is 0 Å². The Morgan fingerprint density at radius 1 is 1.05 bits per heavy atom. The minimum Gasteiger partial charge on any atom is -0.388 e. The third kappa shape index (κ3) is 2.04. The first-order valence-electron chi connectivity index (χ1n) is 8.22. The van der Waals surface area contributed by atoms with Gasteiger partial charge in [-0.15, -0.1) is 0 Å². The number of aliphatic hydroxyl groups is 1. The number of fused-ring (bicyclic) bond motifs is 2. The number of aliphatic hydroxyl groups excluding tert-OH is 1. The monoisotopic (exact) mass is 281 g/mol. The van der Waals surface area contributed by atoms with Gasteiger partial charge in [0.2, 0.25) is 0 Å². The second kappa shape index (κ2) is 5.03. The number of hydrogen-bond acceptors (Lipinski definition) is 1. The summed E-state index contributed by atoms with van der Waals surface area (Å²) in [4.78, 5) is 0. The number of aryl methyl sites for hydroxylation is 2. The number of aromatic nitrogens is 1. The number of rotatable bonds is 1. The van der Waals surface area contributed by atoms with E-state index in [-0.39, 0.29) is 6.10 Å². The summed E-state index contributed by atoms with van der Waals surface area (Å²) in [5.41, 5.74) is 6.87. The van der Waals surface area contributed by atoms with Crippen LogP contribution in [-0.2, 0) is 12.8 Å². The molecular weight excluding hydrogens is 258 g/mol. The molecule has 2 unspecified atom stereocenters. The Bertz CT molecular complexity index is 670. The summed E-state index contributed by atoms with van der Waals surface area (Å²) in [6, 6.07) is 11.6. The molecule has 0 radical (unpaired) electrons. The van der Waals surface area contributed by atoms with E-state index in [0.717, 1.165) is 19.3 Å². The van der Waals surface area contributed by atoms with Crippen molar-refractivity contribution in [3.05, 3.63) is 58.4 Å². The maximum absolute atomic E-state index is 10.3. The predicted octanol–water partition coefficient (Wildman–Crippen LogP) is 4.09. The normalized spacial score (nSPS) is 24.5. The van der Waals surface area contributed by atoms with Gasteiger partial charge in [-0.3, -0.25) is 0 Å². The smallest absolute Gasteiger partial charge is 0.0807 e. The molecule has 2 aliphatic carbocycles. The van der Waals surface area contributed by atoms with E-state index in [1.54, 1.807) is 0 Å². The molecule has 4 rings (SSSR count). The summed E-state index contributed by atoms with van der Waals surface area (Å²) in [7, 11) is 0. The lowest BCUT2D eigenvalue weighted by molar-refractivity contribution is 0.155. The fourth-order valence-electron chi connectivity index (χ4n) is 4.33. The lowest BCUT2D eigenvalue weighted by atomic mass is 9.87. The molecule has 2 aliphatic rings. The van der Waals surface area contributed by atoms with Crippen molar-refractivity contribution in [3.8, 4) is 0 Å². The van der Waals surface area contributed by atoms with Crippen LogP contribution in [0, 0.1) is 6.92 Å². The summed E-state index contributed by atoms with van der Waals surface area (Å²) in [6.07, 6.45) is 6.55. The Labute approximate surface area is 126 Å². The van der Waals surface area contributed by atoms with E-state index in [1.807, 2.05) is 0 Å². The lowest BCUT2D eigenvalue weighted by Gasteiger charge is -2.31. The second-order valence-corrected chi connectivity index (χ2v) is 6.57. The summed E-state index contributed by atoms with van der Waals surface area (Å²) in [5.74, 6) is 0. The fourth-order valence-corrected chi connectivity index (χ4v) is 4.33. The molecule has 2 atom stereocenters. The molecule has 0 saturated heterocycles. The average molecular weight is 281 g/mol. The Balaban J connectivity index is 1.85. The van der Waals surface area contributed by atoms with Gasteiger partial charge in [0.15, 0.2) is 0 Å². The van der Waals surface area contributed by atoms with Crippen LogP contribution in [0.15, 0.2) is 30.3 Å². The number of benzene rings is 1. The van der Waals surface area contributed by atoms with E-state index >= 15 is 0 Å². The quantitative estimate of drug-likeness (QED) is 0.836. The summed E-state index contributed by atoms with van der Waals surface area (Å²) in [6.45, 7) is 2.20. The van der Waals surface area contributed by atoms with Gasteiger partial charge in [-0.2, -0.15) is 0 Å². The van der Waals surface area contributed by atoms with Crippen LogP contribution in [0.3, 0.4) is 0 Å². The zero-order valence-corrected chi connectivity index (χ0v) is 12.7. The van der Waals surface area contributed by atoms with Crippen LogP contribution in [0.4, 0.5) is 0 Å². The van der Waals surface area contributed by atoms with Crippen LogP contribution >= 0.6 is 0 Å². The van der Waals surface area contributed by atoms with Crippen molar-refractivity contribution in [3.63, 3.8) is 0 Å². The van der Waals surface area contributed by atoms with Gasteiger partial charge in [-0.05, 0) is 62.6 Å². The van der Waals surface area contributed by atoms with E-state index in [2.05, 4.69) is 41.8 Å². The molecule has 1 aromatic heterocycles. The Morgan fingerprint density at radius 3 is 2.76 bits per heavy atom. The summed E-state index contributed by atoms with van der Waals surface area (Å²) in [5, 5.41) is 10.3. The first-order chi connectivity index (χ1) is 10.3. The molecule has 21 heavy (non-hydrogen) atoms. The molecule has 1 N–H and O–H groups in total. The molecule has 1 aromatic carbocycles. The highest BCUT2D eigenvalue weighted by atomic mass is 16.3. The van der Waals surface area contributed by atoms with Crippen molar-refractivity contribution in [2.24, 2.45) is 0 Å². The highest BCUT2D eigenvalue weighted by Gasteiger charge is 2.29. The predicted molar refractivity (Wildman–Crippen MR) is 84.6 cm³/mol. The molecule has 0 amide bonds. The molecule has 0 spiro atoms. The number of nitrogens with zero attached hydrogens (tertiary/aromatic N) is 1. The van der Waals surface area contributed by atoms with E-state index in [9.17, 15) is 5.11 Å². The van der Waals surface area contributed by atoms with Crippen LogP contribution in [0.2, 0.25) is 0 Å². The molecule has 2 nitrogen and oxygen atoms in total. The maximum Gasteiger partial charge on any atom is 0.0807 e. The average Bonchev–Trinajstić information content (AvgIpc) is 2.84. The van der Waals surface area contributed by atoms with E-state index in [4.69, 9.17) is 0 Å². The van der Waals surface area contributed by atoms with Gasteiger partial charge in [0, 0.05) is 17.0 Å². The second-order valence-electron chi connectivity index (χ2n) is 6.57. The zero-order chi connectivity index (χ0) is 14.4. The maximum atomic E-state index is 10.3. The topological polar surface area (TPSA) is 25.2 Å². The minimum atomic E-state index is -0.257. The molecule has 0 bridgehead atoms. The van der Waals surface area contributed by atoms with Gasteiger partial charge in [0.05, 0.1) is 12.1 Å². The molecular formula is C19H23NO. The van der Waals surface area contributed by atoms with Gasteiger partial charge >= 0.3 is 0 Å². The largest absolute Gasteiger partial charge is 0.388 e. The van der Waals surface area contributed by atoms with E-state index in [0.29, 0.717) is 6.04 Å². The van der Waals surface area contributed by atoms with Crippen LogP contribution in [0.5, 0.6) is 0 Å². The van der Waals surface area contributed by atoms with Crippen molar-refractivity contribution in [2.75, 3.05) is 0 Å². The Hall–Kier alpha value is -1.54. The van der Waals surface area contributed by atoms with Crippen LogP contribution in [0.1, 0.15) is 65.9 Å². The van der Waals surface area contributed by atoms with Crippen molar-refractivity contribution >= 4 is 0 Å².